The Labute approximate surface area is 183 Å². The predicted molar refractivity (Wildman–Crippen MR) is 122 cm³/mol. The van der Waals surface area contributed by atoms with E-state index in [1.165, 1.54) is 18.2 Å². The fourth-order valence-corrected chi connectivity index (χ4v) is 4.55. The van der Waals surface area contributed by atoms with Gasteiger partial charge in [0.05, 0.1) is 22.9 Å². The highest BCUT2D eigenvalue weighted by Gasteiger charge is 2.22. The van der Waals surface area contributed by atoms with Gasteiger partial charge in [-0.15, -0.1) is 0 Å². The molecule has 8 nitrogen and oxygen atoms in total. The van der Waals surface area contributed by atoms with E-state index in [1.807, 2.05) is 32.9 Å². The van der Waals surface area contributed by atoms with Crippen LogP contribution in [-0.4, -0.2) is 32.0 Å². The van der Waals surface area contributed by atoms with E-state index in [2.05, 4.69) is 11.4 Å². The molecule has 0 saturated carbocycles. The first-order valence-corrected chi connectivity index (χ1v) is 11.8. The molecule has 2 aromatic rings. The maximum absolute atomic E-state index is 12.4. The Hall–Kier alpha value is -2.94. The average Bonchev–Trinajstić information content (AvgIpc) is 2.64. The third kappa shape index (κ3) is 6.52. The first kappa shape index (κ1) is 24.3. The van der Waals surface area contributed by atoms with Crippen molar-refractivity contribution in [3.63, 3.8) is 0 Å². The highest BCUT2D eigenvalue weighted by Crippen LogP contribution is 2.28. The minimum absolute atomic E-state index is 0.0478. The van der Waals surface area contributed by atoms with Crippen LogP contribution in [0.2, 0.25) is 0 Å². The summed E-state index contributed by atoms with van der Waals surface area (Å²) in [4.78, 5) is 22.9. The quantitative estimate of drug-likeness (QED) is 0.462. The zero-order valence-electron chi connectivity index (χ0n) is 18.5. The fourth-order valence-electron chi connectivity index (χ4n) is 3.53. The van der Waals surface area contributed by atoms with Gasteiger partial charge >= 0.3 is 0 Å². The number of anilines is 1. The lowest BCUT2D eigenvalue weighted by Crippen LogP contribution is -2.33. The third-order valence-corrected chi connectivity index (χ3v) is 6.29. The number of aryl methyl sites for hydroxylation is 3. The van der Waals surface area contributed by atoms with Crippen molar-refractivity contribution in [3.05, 3.63) is 68.8 Å². The second kappa shape index (κ2) is 9.91. The molecule has 0 aliphatic rings. The Bertz CT molecular complexity index is 1080. The molecule has 2 aromatic carbocycles. The Morgan fingerprint density at radius 1 is 1.13 bits per heavy atom. The van der Waals surface area contributed by atoms with Gasteiger partial charge in [-0.05, 0) is 50.8 Å². The molecule has 1 N–H and O–H groups in total. The molecule has 0 aliphatic carbocycles. The van der Waals surface area contributed by atoms with Gasteiger partial charge in [0, 0.05) is 25.1 Å². The molecule has 0 spiro atoms. The monoisotopic (exact) mass is 447 g/mol. The Morgan fingerprint density at radius 2 is 1.81 bits per heavy atom. The summed E-state index contributed by atoms with van der Waals surface area (Å²) in [6.45, 7) is 7.65. The lowest BCUT2D eigenvalue weighted by Gasteiger charge is -2.24. The normalized spacial score (nSPS) is 12.3. The second-order valence-corrected chi connectivity index (χ2v) is 9.72. The van der Waals surface area contributed by atoms with Gasteiger partial charge in [0.2, 0.25) is 15.9 Å². The van der Waals surface area contributed by atoms with E-state index in [0.29, 0.717) is 5.56 Å². The van der Waals surface area contributed by atoms with Gasteiger partial charge in [-0.3, -0.25) is 19.2 Å². The molecule has 0 radical (unpaired) electrons. The minimum atomic E-state index is -3.68. The van der Waals surface area contributed by atoms with Crippen LogP contribution in [0.25, 0.3) is 0 Å². The topological polar surface area (TPSA) is 110 Å². The van der Waals surface area contributed by atoms with E-state index in [-0.39, 0.29) is 42.7 Å². The van der Waals surface area contributed by atoms with E-state index in [4.69, 9.17) is 0 Å². The standard InChI is InChI=1S/C22H29N3O5S/c1-15-8-11-20(17(3)13-15)18(4)23-22(26)7-6-12-24(31(5,29)30)21-14-19(25(27)28)10-9-16(21)2/h8-11,13-14,18H,6-7,12H2,1-5H3,(H,23,26)/t18-/m1/s1. The van der Waals surface area contributed by atoms with Crippen molar-refractivity contribution in [2.24, 2.45) is 0 Å². The number of carbonyl (C=O) groups excluding carboxylic acids is 1. The largest absolute Gasteiger partial charge is 0.350 e. The summed E-state index contributed by atoms with van der Waals surface area (Å²) in [5.41, 5.74) is 3.94. The Morgan fingerprint density at radius 3 is 2.39 bits per heavy atom. The molecular weight excluding hydrogens is 418 g/mol. The third-order valence-electron chi connectivity index (χ3n) is 5.11. The van der Waals surface area contributed by atoms with Gasteiger partial charge in [0.1, 0.15) is 0 Å². The van der Waals surface area contributed by atoms with Crippen molar-refractivity contribution >= 4 is 27.3 Å². The number of sulfonamides is 1. The highest BCUT2D eigenvalue weighted by molar-refractivity contribution is 7.92. The summed E-state index contributed by atoms with van der Waals surface area (Å²) in [6.07, 6.45) is 1.46. The van der Waals surface area contributed by atoms with Crippen LogP contribution in [-0.2, 0) is 14.8 Å². The number of carbonyl (C=O) groups is 1. The van der Waals surface area contributed by atoms with Crippen molar-refractivity contribution in [1.82, 2.24) is 5.32 Å². The van der Waals surface area contributed by atoms with Crippen LogP contribution in [0.5, 0.6) is 0 Å². The molecule has 1 atom stereocenters. The number of nitrogens with one attached hydrogen (secondary N) is 1. The lowest BCUT2D eigenvalue weighted by atomic mass is 10.00. The van der Waals surface area contributed by atoms with Gasteiger partial charge in [-0.25, -0.2) is 8.42 Å². The summed E-state index contributed by atoms with van der Waals surface area (Å²) < 4.78 is 25.8. The first-order valence-electron chi connectivity index (χ1n) is 9.99. The second-order valence-electron chi connectivity index (χ2n) is 7.82. The molecule has 0 aliphatic heterocycles. The minimum Gasteiger partial charge on any atom is -0.350 e. The Balaban J connectivity index is 2.06. The maximum Gasteiger partial charge on any atom is 0.271 e. The molecule has 0 bridgehead atoms. The number of non-ortho nitro benzene ring substituents is 1. The number of rotatable bonds is 9. The van der Waals surface area contributed by atoms with Gasteiger partial charge in [-0.1, -0.05) is 29.8 Å². The lowest BCUT2D eigenvalue weighted by molar-refractivity contribution is -0.384. The predicted octanol–water partition coefficient (Wildman–Crippen LogP) is 3.94. The van der Waals surface area contributed by atoms with Crippen molar-refractivity contribution in [2.45, 2.75) is 46.6 Å². The van der Waals surface area contributed by atoms with Crippen molar-refractivity contribution in [1.29, 1.82) is 0 Å². The van der Waals surface area contributed by atoms with Gasteiger partial charge in [0.15, 0.2) is 0 Å². The summed E-state index contributed by atoms with van der Waals surface area (Å²) in [6, 6.07) is 9.98. The SMILES string of the molecule is Cc1ccc([C@@H](C)NC(=O)CCCN(c2cc([N+](=O)[O-])ccc2C)S(C)(=O)=O)c(C)c1. The molecule has 1 amide bonds. The van der Waals surface area contributed by atoms with E-state index in [9.17, 15) is 23.3 Å². The number of nitro groups is 1. The fraction of sp³-hybridized carbons (Fsp3) is 0.409. The van der Waals surface area contributed by atoms with E-state index in [1.54, 1.807) is 6.92 Å². The van der Waals surface area contributed by atoms with Gasteiger partial charge in [0.25, 0.3) is 5.69 Å². The molecule has 0 unspecified atom stereocenters. The molecular formula is C22H29N3O5S. The molecule has 31 heavy (non-hydrogen) atoms. The highest BCUT2D eigenvalue weighted by atomic mass is 32.2. The van der Waals surface area contributed by atoms with Crippen LogP contribution < -0.4 is 9.62 Å². The van der Waals surface area contributed by atoms with Crippen LogP contribution in [0, 0.1) is 30.9 Å². The van der Waals surface area contributed by atoms with E-state index in [0.717, 1.165) is 27.3 Å². The van der Waals surface area contributed by atoms with Crippen molar-refractivity contribution in [2.75, 3.05) is 17.1 Å². The summed E-state index contributed by atoms with van der Waals surface area (Å²) in [7, 11) is -3.68. The number of hydrogen-bond donors (Lipinski definition) is 1. The number of benzene rings is 2. The van der Waals surface area contributed by atoms with Gasteiger partial charge < -0.3 is 5.32 Å². The number of hydrogen-bond acceptors (Lipinski definition) is 5. The van der Waals surface area contributed by atoms with Crippen LogP contribution >= 0.6 is 0 Å². The molecule has 0 saturated heterocycles. The zero-order valence-corrected chi connectivity index (χ0v) is 19.3. The number of nitrogens with zero attached hydrogens (tertiary/aromatic N) is 2. The number of amides is 1. The van der Waals surface area contributed by atoms with Crippen molar-refractivity contribution in [3.8, 4) is 0 Å². The van der Waals surface area contributed by atoms with Crippen LogP contribution in [0.15, 0.2) is 36.4 Å². The van der Waals surface area contributed by atoms with E-state index >= 15 is 0 Å². The van der Waals surface area contributed by atoms with Gasteiger partial charge in [-0.2, -0.15) is 0 Å². The molecule has 0 heterocycles. The molecule has 2 rings (SSSR count). The summed E-state index contributed by atoms with van der Waals surface area (Å²) in [5.74, 6) is -0.184. The molecule has 0 aromatic heterocycles. The van der Waals surface area contributed by atoms with Crippen LogP contribution in [0.3, 0.4) is 0 Å². The Kier molecular flexibility index (Phi) is 7.78. The summed E-state index contributed by atoms with van der Waals surface area (Å²) in [5, 5.41) is 14.0. The smallest absolute Gasteiger partial charge is 0.271 e. The van der Waals surface area contributed by atoms with Crippen molar-refractivity contribution < 1.29 is 18.1 Å². The molecule has 9 heteroatoms. The number of nitro benzene ring substituents is 1. The summed E-state index contributed by atoms with van der Waals surface area (Å²) >= 11 is 0. The molecule has 168 valence electrons. The zero-order chi connectivity index (χ0) is 23.3. The maximum atomic E-state index is 12.4. The first-order chi connectivity index (χ1) is 14.4. The average molecular weight is 448 g/mol. The van der Waals surface area contributed by atoms with Crippen LogP contribution in [0.1, 0.15) is 48.1 Å². The molecule has 0 fully saturated rings. The van der Waals surface area contributed by atoms with E-state index < -0.39 is 14.9 Å². The van der Waals surface area contributed by atoms with Crippen LogP contribution in [0.4, 0.5) is 11.4 Å².